The summed E-state index contributed by atoms with van der Waals surface area (Å²) in [6.07, 6.45) is 4.25. The van der Waals surface area contributed by atoms with Crippen LogP contribution in [0.2, 0.25) is 0 Å². The monoisotopic (exact) mass is 314 g/mol. The minimum Gasteiger partial charge on any atom is -0.334 e. The van der Waals surface area contributed by atoms with E-state index in [2.05, 4.69) is 25.9 Å². The summed E-state index contributed by atoms with van der Waals surface area (Å²) in [5, 5.41) is 4.32. The van der Waals surface area contributed by atoms with E-state index < -0.39 is 0 Å². The van der Waals surface area contributed by atoms with Gasteiger partial charge in [-0.2, -0.15) is 5.10 Å². The lowest BCUT2D eigenvalue weighted by molar-refractivity contribution is 0.0742. The summed E-state index contributed by atoms with van der Waals surface area (Å²) in [4.78, 5) is 14.7. The highest BCUT2D eigenvalue weighted by atomic mass is 16.2. The summed E-state index contributed by atoms with van der Waals surface area (Å²) in [7, 11) is 0. The SMILES string of the molecule is CC(C)(C)n1cc(C(=O)N(CCCN)Cc2ccccc2)cn1. The van der Waals surface area contributed by atoms with Crippen LogP contribution in [0.5, 0.6) is 0 Å². The van der Waals surface area contributed by atoms with Crippen molar-refractivity contribution < 1.29 is 4.79 Å². The Morgan fingerprint density at radius 1 is 1.26 bits per heavy atom. The average Bonchev–Trinajstić information content (AvgIpc) is 3.02. The van der Waals surface area contributed by atoms with Crippen LogP contribution in [-0.2, 0) is 12.1 Å². The third-order valence-corrected chi connectivity index (χ3v) is 3.65. The van der Waals surface area contributed by atoms with Crippen molar-refractivity contribution >= 4 is 5.91 Å². The van der Waals surface area contributed by atoms with Gasteiger partial charge in [-0.3, -0.25) is 9.48 Å². The number of nitrogens with zero attached hydrogens (tertiary/aromatic N) is 3. The van der Waals surface area contributed by atoms with Gasteiger partial charge < -0.3 is 10.6 Å². The van der Waals surface area contributed by atoms with Gasteiger partial charge in [-0.1, -0.05) is 30.3 Å². The second-order valence-corrected chi connectivity index (χ2v) is 6.70. The first-order valence-electron chi connectivity index (χ1n) is 8.00. The molecule has 1 aromatic carbocycles. The van der Waals surface area contributed by atoms with Gasteiger partial charge in [0.05, 0.1) is 17.3 Å². The minimum atomic E-state index is -0.139. The number of benzene rings is 1. The minimum absolute atomic E-state index is 0.00203. The van der Waals surface area contributed by atoms with E-state index in [0.717, 1.165) is 12.0 Å². The zero-order chi connectivity index (χ0) is 16.9. The molecular weight excluding hydrogens is 288 g/mol. The second kappa shape index (κ2) is 7.42. The van der Waals surface area contributed by atoms with E-state index in [1.54, 1.807) is 6.20 Å². The predicted octanol–water partition coefficient (Wildman–Crippen LogP) is 2.63. The first kappa shape index (κ1) is 17.2. The Bertz CT molecular complexity index is 628. The van der Waals surface area contributed by atoms with Crippen LogP contribution in [0.3, 0.4) is 0 Å². The number of carbonyl (C=O) groups is 1. The van der Waals surface area contributed by atoms with Crippen LogP contribution < -0.4 is 5.73 Å². The molecule has 124 valence electrons. The van der Waals surface area contributed by atoms with Gasteiger partial charge in [0.1, 0.15) is 0 Å². The first-order valence-corrected chi connectivity index (χ1v) is 8.00. The zero-order valence-electron chi connectivity index (χ0n) is 14.2. The average molecular weight is 314 g/mol. The molecule has 0 atom stereocenters. The quantitative estimate of drug-likeness (QED) is 0.891. The normalized spacial score (nSPS) is 11.5. The van der Waals surface area contributed by atoms with Gasteiger partial charge in [-0.25, -0.2) is 0 Å². The number of carbonyl (C=O) groups excluding carboxylic acids is 1. The Kier molecular flexibility index (Phi) is 5.55. The molecule has 0 spiro atoms. The standard InChI is InChI=1S/C18H26N4O/c1-18(2,3)22-14-16(12-20-22)17(23)21(11-7-10-19)13-15-8-5-4-6-9-15/h4-6,8-9,12,14H,7,10-11,13,19H2,1-3H3. The van der Waals surface area contributed by atoms with Crippen molar-refractivity contribution in [3.8, 4) is 0 Å². The van der Waals surface area contributed by atoms with Crippen molar-refractivity contribution in [3.05, 3.63) is 53.9 Å². The molecule has 1 amide bonds. The van der Waals surface area contributed by atoms with Crippen LogP contribution >= 0.6 is 0 Å². The van der Waals surface area contributed by atoms with Crippen molar-refractivity contribution in [1.82, 2.24) is 14.7 Å². The Balaban J connectivity index is 2.17. The molecule has 0 saturated carbocycles. The molecule has 2 rings (SSSR count). The molecule has 0 aliphatic heterocycles. The van der Waals surface area contributed by atoms with Crippen LogP contribution in [0.15, 0.2) is 42.7 Å². The van der Waals surface area contributed by atoms with Crippen molar-refractivity contribution in [2.24, 2.45) is 5.73 Å². The van der Waals surface area contributed by atoms with E-state index in [1.807, 2.05) is 46.1 Å². The zero-order valence-corrected chi connectivity index (χ0v) is 14.2. The highest BCUT2D eigenvalue weighted by molar-refractivity contribution is 5.93. The number of amides is 1. The summed E-state index contributed by atoms with van der Waals surface area (Å²) in [6.45, 7) is 7.98. The molecule has 2 aromatic rings. The molecule has 0 aliphatic carbocycles. The lowest BCUT2D eigenvalue weighted by Gasteiger charge is -2.22. The second-order valence-electron chi connectivity index (χ2n) is 6.70. The summed E-state index contributed by atoms with van der Waals surface area (Å²) < 4.78 is 1.82. The van der Waals surface area contributed by atoms with Gasteiger partial charge in [0.25, 0.3) is 5.91 Å². The molecule has 0 radical (unpaired) electrons. The van der Waals surface area contributed by atoms with Crippen molar-refractivity contribution in [2.45, 2.75) is 39.3 Å². The third-order valence-electron chi connectivity index (χ3n) is 3.65. The number of nitrogens with two attached hydrogens (primary N) is 1. The fraction of sp³-hybridized carbons (Fsp3) is 0.444. The van der Waals surface area contributed by atoms with E-state index in [0.29, 0.717) is 25.2 Å². The Morgan fingerprint density at radius 3 is 2.52 bits per heavy atom. The number of rotatable bonds is 6. The van der Waals surface area contributed by atoms with Crippen LogP contribution in [0, 0.1) is 0 Å². The summed E-state index contributed by atoms with van der Waals surface area (Å²) >= 11 is 0. The molecule has 5 heteroatoms. The summed E-state index contributed by atoms with van der Waals surface area (Å²) in [5.41, 5.74) is 7.21. The van der Waals surface area contributed by atoms with E-state index in [1.165, 1.54) is 0 Å². The van der Waals surface area contributed by atoms with Gasteiger partial charge in [0, 0.05) is 19.3 Å². The Morgan fingerprint density at radius 2 is 1.96 bits per heavy atom. The first-order chi connectivity index (χ1) is 10.9. The smallest absolute Gasteiger partial charge is 0.257 e. The predicted molar refractivity (Wildman–Crippen MR) is 92.1 cm³/mol. The molecule has 1 aromatic heterocycles. The van der Waals surface area contributed by atoms with Crippen LogP contribution in [0.25, 0.3) is 0 Å². The molecule has 5 nitrogen and oxygen atoms in total. The fourth-order valence-corrected chi connectivity index (χ4v) is 2.32. The van der Waals surface area contributed by atoms with Crippen molar-refractivity contribution in [3.63, 3.8) is 0 Å². The van der Waals surface area contributed by atoms with Gasteiger partial charge >= 0.3 is 0 Å². The lowest BCUT2D eigenvalue weighted by Crippen LogP contribution is -2.32. The van der Waals surface area contributed by atoms with Gasteiger partial charge in [-0.15, -0.1) is 0 Å². The molecule has 0 fully saturated rings. The molecule has 0 saturated heterocycles. The van der Waals surface area contributed by atoms with E-state index in [-0.39, 0.29) is 11.4 Å². The summed E-state index contributed by atoms with van der Waals surface area (Å²) in [5.74, 6) is -0.00203. The topological polar surface area (TPSA) is 64.2 Å². The highest BCUT2D eigenvalue weighted by Crippen LogP contribution is 2.15. The maximum atomic E-state index is 12.8. The Labute approximate surface area is 138 Å². The van der Waals surface area contributed by atoms with Crippen molar-refractivity contribution in [2.75, 3.05) is 13.1 Å². The number of hydrogen-bond donors (Lipinski definition) is 1. The van der Waals surface area contributed by atoms with Gasteiger partial charge in [0.15, 0.2) is 0 Å². The molecule has 0 bridgehead atoms. The molecule has 0 unspecified atom stereocenters. The fourth-order valence-electron chi connectivity index (χ4n) is 2.32. The van der Waals surface area contributed by atoms with Gasteiger partial charge in [0.2, 0.25) is 0 Å². The maximum absolute atomic E-state index is 12.8. The number of aromatic nitrogens is 2. The molecular formula is C18H26N4O. The van der Waals surface area contributed by atoms with E-state index in [4.69, 9.17) is 5.73 Å². The summed E-state index contributed by atoms with van der Waals surface area (Å²) in [6, 6.07) is 10.0. The largest absolute Gasteiger partial charge is 0.334 e. The lowest BCUT2D eigenvalue weighted by atomic mass is 10.1. The van der Waals surface area contributed by atoms with Gasteiger partial charge in [-0.05, 0) is 39.3 Å². The van der Waals surface area contributed by atoms with Crippen LogP contribution in [0.1, 0.15) is 43.1 Å². The number of hydrogen-bond acceptors (Lipinski definition) is 3. The van der Waals surface area contributed by atoms with Crippen LogP contribution in [0.4, 0.5) is 0 Å². The molecule has 0 aliphatic rings. The van der Waals surface area contributed by atoms with E-state index >= 15 is 0 Å². The highest BCUT2D eigenvalue weighted by Gasteiger charge is 2.20. The van der Waals surface area contributed by atoms with Crippen LogP contribution in [-0.4, -0.2) is 33.7 Å². The molecule has 1 heterocycles. The van der Waals surface area contributed by atoms with E-state index in [9.17, 15) is 4.79 Å². The molecule has 23 heavy (non-hydrogen) atoms. The third kappa shape index (κ3) is 4.66. The Hall–Kier alpha value is -2.14. The van der Waals surface area contributed by atoms with Crippen molar-refractivity contribution in [1.29, 1.82) is 0 Å². The molecule has 2 N–H and O–H groups in total. The maximum Gasteiger partial charge on any atom is 0.257 e.